The molecule has 2 amide bonds. The van der Waals surface area contributed by atoms with Crippen LogP contribution < -0.4 is 15.0 Å². The third kappa shape index (κ3) is 3.72. The first-order valence-corrected chi connectivity index (χ1v) is 6.95. The molecule has 21 heavy (non-hydrogen) atoms. The normalized spacial score (nSPS) is 14.5. The van der Waals surface area contributed by atoms with E-state index >= 15 is 0 Å². The average molecular weight is 291 g/mol. The Hall–Kier alpha value is -2.08. The maximum absolute atomic E-state index is 12.1. The molecule has 0 spiro atoms. The lowest BCUT2D eigenvalue weighted by Crippen LogP contribution is -2.31. The first-order valence-electron chi connectivity index (χ1n) is 6.95. The largest absolute Gasteiger partial charge is 0.491 e. The van der Waals surface area contributed by atoms with Crippen LogP contribution in [0.1, 0.15) is 16.8 Å². The number of nitrogens with zero attached hydrogens (tertiary/aromatic N) is 2. The van der Waals surface area contributed by atoms with Crippen LogP contribution >= 0.6 is 0 Å². The van der Waals surface area contributed by atoms with Gasteiger partial charge in [0.05, 0.1) is 18.7 Å². The van der Waals surface area contributed by atoms with Gasteiger partial charge in [-0.3, -0.25) is 9.59 Å². The van der Waals surface area contributed by atoms with Crippen LogP contribution in [-0.4, -0.2) is 57.6 Å². The molecule has 1 aliphatic rings. The second-order valence-corrected chi connectivity index (χ2v) is 5.29. The number of rotatable bonds is 4. The lowest BCUT2D eigenvalue weighted by Gasteiger charge is -2.17. The summed E-state index contributed by atoms with van der Waals surface area (Å²) in [6, 6.07) is 5.16. The average Bonchev–Trinajstić information content (AvgIpc) is 2.58. The van der Waals surface area contributed by atoms with Gasteiger partial charge >= 0.3 is 0 Å². The summed E-state index contributed by atoms with van der Waals surface area (Å²) >= 11 is 0. The van der Waals surface area contributed by atoms with Crippen molar-refractivity contribution in [2.75, 3.05) is 45.7 Å². The van der Waals surface area contributed by atoms with Crippen LogP contribution in [0.2, 0.25) is 0 Å². The number of hydrogen-bond acceptors (Lipinski definition) is 4. The van der Waals surface area contributed by atoms with Crippen molar-refractivity contribution >= 4 is 17.5 Å². The predicted molar refractivity (Wildman–Crippen MR) is 80.9 cm³/mol. The molecule has 0 fully saturated rings. The molecule has 6 nitrogen and oxygen atoms in total. The highest BCUT2D eigenvalue weighted by molar-refractivity contribution is 5.99. The molecule has 2 rings (SSSR count). The first kappa shape index (κ1) is 15.3. The third-order valence-electron chi connectivity index (χ3n) is 3.37. The Bertz CT molecular complexity index is 543. The maximum Gasteiger partial charge on any atom is 0.251 e. The van der Waals surface area contributed by atoms with E-state index in [1.807, 2.05) is 19.0 Å². The summed E-state index contributed by atoms with van der Waals surface area (Å²) in [5.41, 5.74) is 1.16. The topological polar surface area (TPSA) is 61.9 Å². The number of fused-ring (bicyclic) bond motifs is 1. The molecule has 0 radical (unpaired) electrons. The smallest absolute Gasteiger partial charge is 0.251 e. The van der Waals surface area contributed by atoms with Gasteiger partial charge in [0.25, 0.3) is 5.91 Å². The Kier molecular flexibility index (Phi) is 4.80. The first-order chi connectivity index (χ1) is 9.99. The molecule has 1 N–H and O–H groups in total. The van der Waals surface area contributed by atoms with Gasteiger partial charge < -0.3 is 19.9 Å². The Balaban J connectivity index is 2.14. The molecule has 0 aliphatic carbocycles. The summed E-state index contributed by atoms with van der Waals surface area (Å²) in [5.74, 6) is 0.469. The molecule has 0 aromatic heterocycles. The van der Waals surface area contributed by atoms with Crippen molar-refractivity contribution in [2.45, 2.75) is 6.42 Å². The van der Waals surface area contributed by atoms with E-state index in [1.54, 1.807) is 30.1 Å². The summed E-state index contributed by atoms with van der Waals surface area (Å²) in [6.07, 6.45) is 0.343. The molecule has 0 saturated carbocycles. The molecule has 0 saturated heterocycles. The van der Waals surface area contributed by atoms with Gasteiger partial charge in [0.15, 0.2) is 0 Å². The van der Waals surface area contributed by atoms with E-state index in [4.69, 9.17) is 4.74 Å². The monoisotopic (exact) mass is 291 g/mol. The zero-order chi connectivity index (χ0) is 15.4. The second kappa shape index (κ2) is 6.58. The van der Waals surface area contributed by atoms with Crippen LogP contribution in [0.5, 0.6) is 5.75 Å². The number of amides is 2. The minimum Gasteiger partial charge on any atom is -0.491 e. The van der Waals surface area contributed by atoms with Gasteiger partial charge in [-0.2, -0.15) is 0 Å². The molecule has 0 atom stereocenters. The van der Waals surface area contributed by atoms with Crippen molar-refractivity contribution in [3.63, 3.8) is 0 Å². The minimum atomic E-state index is -0.148. The van der Waals surface area contributed by atoms with Crippen LogP contribution in [-0.2, 0) is 4.79 Å². The number of ether oxygens (including phenoxy) is 1. The summed E-state index contributed by atoms with van der Waals surface area (Å²) in [6.45, 7) is 1.72. The minimum absolute atomic E-state index is 0.0149. The number of benzene rings is 1. The number of hydrogen-bond donors (Lipinski definition) is 1. The maximum atomic E-state index is 12.1. The van der Waals surface area contributed by atoms with E-state index in [0.717, 1.165) is 6.54 Å². The van der Waals surface area contributed by atoms with E-state index < -0.39 is 0 Å². The molecule has 1 aliphatic heterocycles. The Morgan fingerprint density at radius 3 is 2.90 bits per heavy atom. The third-order valence-corrected chi connectivity index (χ3v) is 3.37. The van der Waals surface area contributed by atoms with Crippen LogP contribution in [0.15, 0.2) is 18.2 Å². The van der Waals surface area contributed by atoms with Gasteiger partial charge in [0.2, 0.25) is 5.91 Å². The zero-order valence-electron chi connectivity index (χ0n) is 12.7. The van der Waals surface area contributed by atoms with E-state index in [9.17, 15) is 9.59 Å². The van der Waals surface area contributed by atoms with Crippen molar-refractivity contribution in [3.05, 3.63) is 23.8 Å². The Morgan fingerprint density at radius 1 is 1.43 bits per heavy atom. The van der Waals surface area contributed by atoms with Gasteiger partial charge in [-0.15, -0.1) is 0 Å². The quantitative estimate of drug-likeness (QED) is 0.888. The summed E-state index contributed by atoms with van der Waals surface area (Å²) in [5, 5.41) is 2.85. The van der Waals surface area contributed by atoms with Crippen molar-refractivity contribution in [2.24, 2.45) is 0 Å². The fourth-order valence-corrected chi connectivity index (χ4v) is 2.09. The lowest BCUT2D eigenvalue weighted by atomic mass is 10.1. The van der Waals surface area contributed by atoms with Crippen LogP contribution in [0.25, 0.3) is 0 Å². The van der Waals surface area contributed by atoms with Gasteiger partial charge in [-0.25, -0.2) is 0 Å². The second-order valence-electron chi connectivity index (χ2n) is 5.29. The lowest BCUT2D eigenvalue weighted by molar-refractivity contribution is -0.118. The van der Waals surface area contributed by atoms with E-state index in [1.165, 1.54) is 0 Å². The number of anilines is 1. The molecule has 0 unspecified atom stereocenters. The molecule has 1 heterocycles. The fourth-order valence-electron chi connectivity index (χ4n) is 2.09. The Labute approximate surface area is 124 Å². The highest BCUT2D eigenvalue weighted by Gasteiger charge is 2.21. The highest BCUT2D eigenvalue weighted by atomic mass is 16.5. The number of nitrogens with one attached hydrogen (secondary N) is 1. The number of carbonyl (C=O) groups is 2. The molecule has 1 aromatic rings. The number of likely N-dealkylation sites (N-methyl/N-ethyl adjacent to an activating group) is 1. The van der Waals surface area contributed by atoms with Crippen LogP contribution in [0.4, 0.5) is 5.69 Å². The molecular formula is C15H21N3O3. The van der Waals surface area contributed by atoms with Crippen LogP contribution in [0, 0.1) is 0 Å². The van der Waals surface area contributed by atoms with Crippen molar-refractivity contribution in [1.29, 1.82) is 0 Å². The van der Waals surface area contributed by atoms with E-state index in [2.05, 4.69) is 5.32 Å². The Morgan fingerprint density at radius 2 is 2.19 bits per heavy atom. The van der Waals surface area contributed by atoms with E-state index in [0.29, 0.717) is 36.6 Å². The summed E-state index contributed by atoms with van der Waals surface area (Å²) in [7, 11) is 5.60. The van der Waals surface area contributed by atoms with Crippen molar-refractivity contribution in [1.82, 2.24) is 10.2 Å². The van der Waals surface area contributed by atoms with Crippen molar-refractivity contribution < 1.29 is 14.3 Å². The van der Waals surface area contributed by atoms with Crippen molar-refractivity contribution in [3.8, 4) is 5.75 Å². The predicted octanol–water partition coefficient (Wildman–Crippen LogP) is 0.723. The molecule has 1 aromatic carbocycles. The molecular weight excluding hydrogens is 270 g/mol. The van der Waals surface area contributed by atoms with Gasteiger partial charge in [0, 0.05) is 25.7 Å². The zero-order valence-corrected chi connectivity index (χ0v) is 12.7. The van der Waals surface area contributed by atoms with Crippen LogP contribution in [0.3, 0.4) is 0 Å². The molecule has 0 bridgehead atoms. The van der Waals surface area contributed by atoms with E-state index in [-0.39, 0.29) is 11.8 Å². The van der Waals surface area contributed by atoms with Gasteiger partial charge in [-0.05, 0) is 32.3 Å². The van der Waals surface area contributed by atoms with Gasteiger partial charge in [-0.1, -0.05) is 0 Å². The van der Waals surface area contributed by atoms with Gasteiger partial charge in [0.1, 0.15) is 5.75 Å². The summed E-state index contributed by atoms with van der Waals surface area (Å²) < 4.78 is 5.54. The summed E-state index contributed by atoms with van der Waals surface area (Å²) in [4.78, 5) is 27.5. The fraction of sp³-hybridized carbons (Fsp3) is 0.467. The molecule has 114 valence electrons. The molecule has 6 heteroatoms. The standard InChI is InChI=1S/C15H21N3O3/c1-17(2)8-7-16-15(20)11-4-5-13-12(10-11)18(3)14(19)6-9-21-13/h4-5,10H,6-9H2,1-3H3,(H,16,20). The number of carbonyl (C=O) groups excluding carboxylic acids is 2. The SMILES string of the molecule is CN(C)CCNC(=O)c1ccc2c(c1)N(C)C(=O)CCO2. The highest BCUT2D eigenvalue weighted by Crippen LogP contribution is 2.31.